The quantitative estimate of drug-likeness (QED) is 0.864. The number of thiol groups is 1. The van der Waals surface area contributed by atoms with Crippen LogP contribution in [0.5, 0.6) is 0 Å². The van der Waals surface area contributed by atoms with Gasteiger partial charge in [0.05, 0.1) is 5.69 Å². The van der Waals surface area contributed by atoms with Gasteiger partial charge in [-0.2, -0.15) is 12.6 Å². The van der Waals surface area contributed by atoms with E-state index in [4.69, 9.17) is 0 Å². The summed E-state index contributed by atoms with van der Waals surface area (Å²) in [5, 5.41) is 2.43. The van der Waals surface area contributed by atoms with Crippen LogP contribution in [0.1, 0.15) is 6.42 Å². The van der Waals surface area contributed by atoms with Crippen molar-refractivity contribution in [2.45, 2.75) is 11.7 Å². The highest BCUT2D eigenvalue weighted by atomic mass is 32.1. The molecule has 1 atom stereocenters. The zero-order valence-corrected chi connectivity index (χ0v) is 11.6. The Bertz CT molecular complexity index is 629. The van der Waals surface area contributed by atoms with Crippen LogP contribution in [-0.4, -0.2) is 22.7 Å². The zero-order chi connectivity index (χ0) is 13.4. The van der Waals surface area contributed by atoms with Crippen LogP contribution in [0.25, 0.3) is 11.3 Å². The van der Waals surface area contributed by atoms with Crippen molar-refractivity contribution in [3.05, 3.63) is 35.5 Å². The number of aromatic nitrogens is 1. The molecule has 0 saturated carbocycles. The van der Waals surface area contributed by atoms with Crippen molar-refractivity contribution >= 4 is 35.0 Å². The molecule has 0 spiro atoms. The van der Waals surface area contributed by atoms with Gasteiger partial charge in [-0.05, 0) is 12.1 Å². The predicted molar refractivity (Wildman–Crippen MR) is 77.3 cm³/mol. The summed E-state index contributed by atoms with van der Waals surface area (Å²) < 4.78 is 13.7. The van der Waals surface area contributed by atoms with E-state index >= 15 is 0 Å². The largest absolute Gasteiger partial charge is 0.287 e. The zero-order valence-electron chi connectivity index (χ0n) is 9.91. The molecular weight excluding hydrogens is 283 g/mol. The van der Waals surface area contributed by atoms with Gasteiger partial charge in [0.2, 0.25) is 5.91 Å². The van der Waals surface area contributed by atoms with Crippen LogP contribution < -0.4 is 4.90 Å². The Hall–Kier alpha value is -1.40. The topological polar surface area (TPSA) is 33.2 Å². The molecule has 1 fully saturated rings. The summed E-state index contributed by atoms with van der Waals surface area (Å²) in [4.78, 5) is 17.7. The molecule has 0 bridgehead atoms. The first-order valence-electron chi connectivity index (χ1n) is 5.84. The molecule has 1 aliphatic rings. The molecule has 0 radical (unpaired) electrons. The summed E-state index contributed by atoms with van der Waals surface area (Å²) in [6.45, 7) is 0.562. The van der Waals surface area contributed by atoms with Gasteiger partial charge in [0, 0.05) is 29.2 Å². The number of carbonyl (C=O) groups is 1. The van der Waals surface area contributed by atoms with Crippen LogP contribution in [0.15, 0.2) is 29.6 Å². The highest BCUT2D eigenvalue weighted by Gasteiger charge is 2.30. The van der Waals surface area contributed by atoms with Crippen LogP contribution in [-0.2, 0) is 4.79 Å². The first-order valence-corrected chi connectivity index (χ1v) is 7.23. The summed E-state index contributed by atoms with van der Waals surface area (Å²) in [5.41, 5.74) is 1.02. The van der Waals surface area contributed by atoms with Crippen molar-refractivity contribution in [2.75, 3.05) is 11.4 Å². The highest BCUT2D eigenvalue weighted by Crippen LogP contribution is 2.31. The van der Waals surface area contributed by atoms with Crippen LogP contribution >= 0.6 is 24.0 Å². The van der Waals surface area contributed by atoms with Crippen LogP contribution in [0.3, 0.4) is 0 Å². The lowest BCUT2D eigenvalue weighted by Crippen LogP contribution is -2.24. The van der Waals surface area contributed by atoms with Gasteiger partial charge in [-0.3, -0.25) is 9.69 Å². The van der Waals surface area contributed by atoms with E-state index in [0.29, 0.717) is 29.4 Å². The number of rotatable bonds is 2. The normalized spacial score (nSPS) is 19.2. The summed E-state index contributed by atoms with van der Waals surface area (Å²) >= 11 is 5.66. The molecule has 6 heteroatoms. The van der Waals surface area contributed by atoms with E-state index in [1.165, 1.54) is 17.4 Å². The number of hydrogen-bond acceptors (Lipinski definition) is 4. The van der Waals surface area contributed by atoms with Gasteiger partial charge in [0.1, 0.15) is 5.82 Å². The van der Waals surface area contributed by atoms with Crippen molar-refractivity contribution in [3.8, 4) is 11.3 Å². The molecule has 2 heterocycles. The van der Waals surface area contributed by atoms with E-state index in [1.54, 1.807) is 28.5 Å². The van der Waals surface area contributed by atoms with E-state index in [0.717, 1.165) is 0 Å². The minimum Gasteiger partial charge on any atom is -0.287 e. The molecule has 2 aromatic rings. The first-order chi connectivity index (χ1) is 9.15. The third kappa shape index (κ3) is 2.37. The standard InChI is InChI=1S/C13H11FN2OS2/c14-10-4-2-1-3-9(10)11-7-19-13(15-11)16-6-8(18)5-12(16)17/h1-4,7-8,18H,5-6H2. The van der Waals surface area contributed by atoms with Crippen molar-refractivity contribution < 1.29 is 9.18 Å². The second kappa shape index (κ2) is 4.94. The van der Waals surface area contributed by atoms with Gasteiger partial charge in [-0.25, -0.2) is 9.37 Å². The Kier molecular flexibility index (Phi) is 3.28. The Morgan fingerprint density at radius 2 is 2.21 bits per heavy atom. The molecule has 1 aromatic heterocycles. The lowest BCUT2D eigenvalue weighted by molar-refractivity contribution is -0.117. The first kappa shape index (κ1) is 12.6. The monoisotopic (exact) mass is 294 g/mol. The van der Waals surface area contributed by atoms with Crippen LogP contribution in [0.2, 0.25) is 0 Å². The van der Waals surface area contributed by atoms with E-state index in [-0.39, 0.29) is 17.0 Å². The van der Waals surface area contributed by atoms with E-state index in [2.05, 4.69) is 17.6 Å². The molecule has 98 valence electrons. The highest BCUT2D eigenvalue weighted by molar-refractivity contribution is 7.81. The maximum absolute atomic E-state index is 13.7. The fourth-order valence-corrected chi connectivity index (χ4v) is 3.23. The molecule has 3 rings (SSSR count). The molecule has 19 heavy (non-hydrogen) atoms. The SMILES string of the molecule is O=C1CC(S)CN1c1nc(-c2ccccc2F)cs1. The van der Waals surface area contributed by atoms with Crippen LogP contribution in [0.4, 0.5) is 9.52 Å². The van der Waals surface area contributed by atoms with Gasteiger partial charge < -0.3 is 0 Å². The number of anilines is 1. The smallest absolute Gasteiger partial charge is 0.229 e. The summed E-state index contributed by atoms with van der Waals surface area (Å²) in [6, 6.07) is 6.49. The van der Waals surface area contributed by atoms with Crippen molar-refractivity contribution in [1.82, 2.24) is 4.98 Å². The molecule has 1 aliphatic heterocycles. The molecule has 0 N–H and O–H groups in total. The Morgan fingerprint density at radius 1 is 1.42 bits per heavy atom. The fourth-order valence-electron chi connectivity index (χ4n) is 2.05. The third-order valence-corrected chi connectivity index (χ3v) is 4.19. The van der Waals surface area contributed by atoms with E-state index < -0.39 is 0 Å². The molecular formula is C13H11FN2OS2. The fraction of sp³-hybridized carbons (Fsp3) is 0.231. The minimum absolute atomic E-state index is 0.0226. The Labute approximate surface area is 119 Å². The minimum atomic E-state index is -0.306. The van der Waals surface area contributed by atoms with Gasteiger partial charge in [-0.15, -0.1) is 11.3 Å². The maximum Gasteiger partial charge on any atom is 0.229 e. The molecule has 1 unspecified atom stereocenters. The van der Waals surface area contributed by atoms with Crippen LogP contribution in [0, 0.1) is 5.82 Å². The number of benzene rings is 1. The number of halogens is 1. The number of thiazole rings is 1. The van der Waals surface area contributed by atoms with E-state index in [1.807, 2.05) is 0 Å². The summed E-state index contributed by atoms with van der Waals surface area (Å²) in [5.74, 6) is -0.284. The van der Waals surface area contributed by atoms with Gasteiger partial charge >= 0.3 is 0 Å². The number of hydrogen-bond donors (Lipinski definition) is 1. The third-order valence-electron chi connectivity index (χ3n) is 2.98. The van der Waals surface area contributed by atoms with Gasteiger partial charge in [-0.1, -0.05) is 12.1 Å². The average Bonchev–Trinajstić information content (AvgIpc) is 2.96. The lowest BCUT2D eigenvalue weighted by atomic mass is 10.2. The molecule has 1 saturated heterocycles. The van der Waals surface area contributed by atoms with Crippen molar-refractivity contribution in [2.24, 2.45) is 0 Å². The van der Waals surface area contributed by atoms with Gasteiger partial charge in [0.25, 0.3) is 0 Å². The van der Waals surface area contributed by atoms with Crippen molar-refractivity contribution in [3.63, 3.8) is 0 Å². The van der Waals surface area contributed by atoms with Gasteiger partial charge in [0.15, 0.2) is 5.13 Å². The second-order valence-corrected chi connectivity index (χ2v) is 5.92. The predicted octanol–water partition coefficient (Wildman–Crippen LogP) is 2.98. The number of nitrogens with zero attached hydrogens (tertiary/aromatic N) is 2. The molecule has 1 aromatic carbocycles. The molecule has 1 amide bonds. The lowest BCUT2D eigenvalue weighted by Gasteiger charge is -2.11. The Morgan fingerprint density at radius 3 is 2.89 bits per heavy atom. The second-order valence-electron chi connectivity index (χ2n) is 4.36. The van der Waals surface area contributed by atoms with E-state index in [9.17, 15) is 9.18 Å². The van der Waals surface area contributed by atoms with Crippen molar-refractivity contribution in [1.29, 1.82) is 0 Å². The molecule has 0 aliphatic carbocycles. The maximum atomic E-state index is 13.7. The Balaban J connectivity index is 1.92. The average molecular weight is 294 g/mol. The summed E-state index contributed by atoms with van der Waals surface area (Å²) in [7, 11) is 0. The molecule has 3 nitrogen and oxygen atoms in total. The summed E-state index contributed by atoms with van der Waals surface area (Å²) in [6.07, 6.45) is 0.428. The number of carbonyl (C=O) groups excluding carboxylic acids is 1. The number of amides is 1.